The average Bonchev–Trinajstić information content (AvgIpc) is 2.17. The van der Waals surface area contributed by atoms with E-state index in [2.05, 4.69) is 31.0 Å². The van der Waals surface area contributed by atoms with Crippen LogP contribution in [0.25, 0.3) is 0 Å². The highest BCUT2D eigenvalue weighted by Crippen LogP contribution is 1.93. The zero-order valence-corrected chi connectivity index (χ0v) is 9.60. The molecule has 2 heteroatoms. The Balaban J connectivity index is 3.25. The first-order valence-electron chi connectivity index (χ1n) is 5.78. The van der Waals surface area contributed by atoms with E-state index in [0.717, 1.165) is 13.1 Å². The van der Waals surface area contributed by atoms with Gasteiger partial charge in [-0.1, -0.05) is 27.2 Å². The Morgan fingerprint density at radius 1 is 0.923 bits per heavy atom. The summed E-state index contributed by atoms with van der Waals surface area (Å²) in [6, 6.07) is 0. The van der Waals surface area contributed by atoms with Crippen LogP contribution in [0.5, 0.6) is 0 Å². The molecule has 0 aromatic carbocycles. The number of likely N-dealkylation sites (N-methyl/N-ethyl adjacent to an activating group) is 1. The molecular formula is C11H26N2. The third-order valence-corrected chi connectivity index (χ3v) is 2.31. The highest BCUT2D eigenvalue weighted by atomic mass is 15.1. The molecule has 0 heterocycles. The molecule has 0 aromatic heterocycles. The molecular weight excluding hydrogens is 160 g/mol. The predicted octanol–water partition coefficient (Wildman–Crippen LogP) is 2.11. The molecule has 0 radical (unpaired) electrons. The van der Waals surface area contributed by atoms with Crippen LogP contribution < -0.4 is 5.32 Å². The minimum Gasteiger partial charge on any atom is -0.315 e. The number of hydrogen-bond donors (Lipinski definition) is 1. The van der Waals surface area contributed by atoms with Crippen molar-refractivity contribution in [2.24, 2.45) is 0 Å². The van der Waals surface area contributed by atoms with E-state index in [1.165, 1.54) is 38.9 Å². The monoisotopic (exact) mass is 186 g/mol. The molecule has 0 aliphatic rings. The zero-order valence-electron chi connectivity index (χ0n) is 9.60. The van der Waals surface area contributed by atoms with Crippen LogP contribution in [0.4, 0.5) is 0 Å². The van der Waals surface area contributed by atoms with Crippen molar-refractivity contribution in [1.29, 1.82) is 0 Å². The Labute approximate surface area is 83.7 Å². The van der Waals surface area contributed by atoms with Crippen LogP contribution in [-0.2, 0) is 0 Å². The quantitative estimate of drug-likeness (QED) is 0.555. The first-order chi connectivity index (χ1) is 6.35. The van der Waals surface area contributed by atoms with Crippen molar-refractivity contribution in [3.8, 4) is 0 Å². The van der Waals surface area contributed by atoms with Crippen molar-refractivity contribution in [2.75, 3.05) is 32.7 Å². The largest absolute Gasteiger partial charge is 0.315 e. The summed E-state index contributed by atoms with van der Waals surface area (Å²) in [5, 5.41) is 3.43. The zero-order chi connectivity index (χ0) is 9.94. The van der Waals surface area contributed by atoms with Crippen LogP contribution in [0, 0.1) is 0 Å². The average molecular weight is 186 g/mol. The van der Waals surface area contributed by atoms with E-state index in [1.54, 1.807) is 0 Å². The third kappa shape index (κ3) is 8.26. The van der Waals surface area contributed by atoms with E-state index in [4.69, 9.17) is 0 Å². The lowest BCUT2D eigenvalue weighted by Crippen LogP contribution is -2.33. The number of nitrogens with one attached hydrogen (secondary N) is 1. The highest BCUT2D eigenvalue weighted by molar-refractivity contribution is 4.57. The molecule has 0 bridgehead atoms. The summed E-state index contributed by atoms with van der Waals surface area (Å²) in [5.41, 5.74) is 0. The normalized spacial score (nSPS) is 11.1. The SMILES string of the molecule is CCCCN(CC)CCNCCC. The molecule has 0 saturated heterocycles. The number of unbranched alkanes of at least 4 members (excludes halogenated alkanes) is 1. The number of nitrogens with zero attached hydrogens (tertiary/aromatic N) is 1. The minimum absolute atomic E-state index is 1.14. The molecule has 0 amide bonds. The number of hydrogen-bond acceptors (Lipinski definition) is 2. The Bertz CT molecular complexity index is 94.1. The van der Waals surface area contributed by atoms with Gasteiger partial charge in [0.2, 0.25) is 0 Å². The van der Waals surface area contributed by atoms with Crippen LogP contribution in [-0.4, -0.2) is 37.6 Å². The van der Waals surface area contributed by atoms with Crippen molar-refractivity contribution >= 4 is 0 Å². The lowest BCUT2D eigenvalue weighted by atomic mass is 10.3. The van der Waals surface area contributed by atoms with Crippen molar-refractivity contribution in [1.82, 2.24) is 10.2 Å². The van der Waals surface area contributed by atoms with Crippen LogP contribution in [0.3, 0.4) is 0 Å². The van der Waals surface area contributed by atoms with Gasteiger partial charge in [-0.3, -0.25) is 0 Å². The van der Waals surface area contributed by atoms with Crippen LogP contribution in [0.2, 0.25) is 0 Å². The molecule has 13 heavy (non-hydrogen) atoms. The van der Waals surface area contributed by atoms with Gasteiger partial charge < -0.3 is 10.2 Å². The summed E-state index contributed by atoms with van der Waals surface area (Å²) in [6.45, 7) is 12.7. The summed E-state index contributed by atoms with van der Waals surface area (Å²) >= 11 is 0. The fourth-order valence-electron chi connectivity index (χ4n) is 1.35. The van der Waals surface area contributed by atoms with Crippen LogP contribution >= 0.6 is 0 Å². The second kappa shape index (κ2) is 10.0. The molecule has 0 aliphatic carbocycles. The van der Waals surface area contributed by atoms with Crippen LogP contribution in [0.15, 0.2) is 0 Å². The van der Waals surface area contributed by atoms with E-state index < -0.39 is 0 Å². The lowest BCUT2D eigenvalue weighted by Gasteiger charge is -2.19. The van der Waals surface area contributed by atoms with Gasteiger partial charge in [0.25, 0.3) is 0 Å². The maximum atomic E-state index is 3.43. The summed E-state index contributed by atoms with van der Waals surface area (Å²) in [6.07, 6.45) is 3.88. The van der Waals surface area contributed by atoms with Gasteiger partial charge in [-0.15, -0.1) is 0 Å². The van der Waals surface area contributed by atoms with E-state index in [-0.39, 0.29) is 0 Å². The van der Waals surface area contributed by atoms with Gasteiger partial charge in [-0.2, -0.15) is 0 Å². The third-order valence-electron chi connectivity index (χ3n) is 2.31. The van der Waals surface area contributed by atoms with E-state index in [0.29, 0.717) is 0 Å². The molecule has 0 rings (SSSR count). The molecule has 2 nitrogen and oxygen atoms in total. The summed E-state index contributed by atoms with van der Waals surface area (Å²) < 4.78 is 0. The Morgan fingerprint density at radius 3 is 2.23 bits per heavy atom. The fourth-order valence-corrected chi connectivity index (χ4v) is 1.35. The van der Waals surface area contributed by atoms with Gasteiger partial charge in [0.05, 0.1) is 0 Å². The summed E-state index contributed by atoms with van der Waals surface area (Å²) in [4.78, 5) is 2.52. The smallest absolute Gasteiger partial charge is 0.0107 e. The van der Waals surface area contributed by atoms with Gasteiger partial charge >= 0.3 is 0 Å². The topological polar surface area (TPSA) is 15.3 Å². The standard InChI is InChI=1S/C11H26N2/c1-4-7-10-13(6-3)11-9-12-8-5-2/h12H,4-11H2,1-3H3. The fraction of sp³-hybridized carbons (Fsp3) is 1.00. The molecule has 0 aliphatic heterocycles. The van der Waals surface area contributed by atoms with Crippen molar-refractivity contribution in [3.05, 3.63) is 0 Å². The molecule has 0 atom stereocenters. The van der Waals surface area contributed by atoms with E-state index >= 15 is 0 Å². The second-order valence-corrected chi connectivity index (χ2v) is 3.54. The predicted molar refractivity (Wildman–Crippen MR) is 60.2 cm³/mol. The Hall–Kier alpha value is -0.0800. The summed E-state index contributed by atoms with van der Waals surface area (Å²) in [5.74, 6) is 0. The van der Waals surface area contributed by atoms with Crippen LogP contribution in [0.1, 0.15) is 40.0 Å². The minimum atomic E-state index is 1.14. The molecule has 80 valence electrons. The Kier molecular flexibility index (Phi) is 9.94. The molecule has 0 aromatic rings. The molecule has 1 N–H and O–H groups in total. The van der Waals surface area contributed by atoms with Gasteiger partial charge in [-0.05, 0) is 32.5 Å². The molecule has 0 fully saturated rings. The van der Waals surface area contributed by atoms with Gasteiger partial charge in [-0.25, -0.2) is 0 Å². The van der Waals surface area contributed by atoms with Gasteiger partial charge in [0.15, 0.2) is 0 Å². The van der Waals surface area contributed by atoms with E-state index in [9.17, 15) is 0 Å². The number of rotatable bonds is 9. The maximum Gasteiger partial charge on any atom is 0.0107 e. The molecule has 0 spiro atoms. The van der Waals surface area contributed by atoms with Gasteiger partial charge in [0, 0.05) is 13.1 Å². The van der Waals surface area contributed by atoms with Gasteiger partial charge in [0.1, 0.15) is 0 Å². The maximum absolute atomic E-state index is 3.43. The van der Waals surface area contributed by atoms with Crippen molar-refractivity contribution in [3.63, 3.8) is 0 Å². The van der Waals surface area contributed by atoms with E-state index in [1.807, 2.05) is 0 Å². The summed E-state index contributed by atoms with van der Waals surface area (Å²) in [7, 11) is 0. The second-order valence-electron chi connectivity index (χ2n) is 3.54. The lowest BCUT2D eigenvalue weighted by molar-refractivity contribution is 0.283. The highest BCUT2D eigenvalue weighted by Gasteiger charge is 1.99. The first kappa shape index (κ1) is 12.9. The van der Waals surface area contributed by atoms with Crippen molar-refractivity contribution < 1.29 is 0 Å². The molecule has 0 unspecified atom stereocenters. The first-order valence-corrected chi connectivity index (χ1v) is 5.78. The Morgan fingerprint density at radius 2 is 1.69 bits per heavy atom. The van der Waals surface area contributed by atoms with Crippen molar-refractivity contribution in [2.45, 2.75) is 40.0 Å². The molecule has 0 saturated carbocycles.